The minimum Gasteiger partial charge on any atom is -0.352 e. The van der Waals surface area contributed by atoms with Crippen LogP contribution in [0, 0.1) is 12.8 Å². The summed E-state index contributed by atoms with van der Waals surface area (Å²) in [6.45, 7) is 8.92. The van der Waals surface area contributed by atoms with E-state index in [0.29, 0.717) is 12.5 Å². The number of imidazole rings is 1. The van der Waals surface area contributed by atoms with Crippen LogP contribution in [0.15, 0.2) is 40.5 Å². The summed E-state index contributed by atoms with van der Waals surface area (Å²) >= 11 is 1.77. The molecular formula is C19H30IN5S. The van der Waals surface area contributed by atoms with E-state index in [4.69, 9.17) is 0 Å². The molecule has 0 saturated carbocycles. The smallest absolute Gasteiger partial charge is 0.191 e. The second kappa shape index (κ2) is 11.5. The van der Waals surface area contributed by atoms with Gasteiger partial charge < -0.3 is 15.2 Å². The number of guanidine groups is 1. The van der Waals surface area contributed by atoms with Crippen molar-refractivity contribution in [2.24, 2.45) is 10.9 Å². The van der Waals surface area contributed by atoms with Gasteiger partial charge in [-0.1, -0.05) is 26.0 Å². The lowest BCUT2D eigenvalue weighted by atomic mass is 10.1. The Morgan fingerprint density at radius 3 is 2.65 bits per heavy atom. The highest BCUT2D eigenvalue weighted by molar-refractivity contribution is 14.0. The number of nitrogens with one attached hydrogen (secondary N) is 2. The number of hydrogen-bond donors (Lipinski definition) is 2. The third-order valence-electron chi connectivity index (χ3n) is 3.89. The maximum Gasteiger partial charge on any atom is 0.191 e. The lowest BCUT2D eigenvalue weighted by Crippen LogP contribution is -2.37. The fraction of sp³-hybridized carbons (Fsp3) is 0.474. The van der Waals surface area contributed by atoms with Crippen molar-refractivity contribution >= 4 is 41.7 Å². The molecule has 2 rings (SSSR count). The number of aromatic nitrogens is 2. The van der Waals surface area contributed by atoms with Gasteiger partial charge in [0.15, 0.2) is 5.96 Å². The van der Waals surface area contributed by atoms with Gasteiger partial charge in [0.25, 0.3) is 0 Å². The molecule has 1 aromatic heterocycles. The standard InChI is InChI=1S/C19H29N5S.HI/c1-14(2)13-24-9-8-21-18(24)12-23-19(20-4)22-11-16-7-6-15(3)10-17(16)25-5;/h6-10,14H,11-13H2,1-5H3,(H2,20,22,23);1H. The summed E-state index contributed by atoms with van der Waals surface area (Å²) in [7, 11) is 1.79. The van der Waals surface area contributed by atoms with E-state index in [-0.39, 0.29) is 24.0 Å². The lowest BCUT2D eigenvalue weighted by Gasteiger charge is -2.15. The summed E-state index contributed by atoms with van der Waals surface area (Å²) < 4.78 is 2.19. The van der Waals surface area contributed by atoms with Crippen LogP contribution in [0.2, 0.25) is 0 Å². The van der Waals surface area contributed by atoms with Crippen LogP contribution < -0.4 is 10.6 Å². The molecule has 1 heterocycles. The van der Waals surface area contributed by atoms with Crippen molar-refractivity contribution in [1.82, 2.24) is 20.2 Å². The van der Waals surface area contributed by atoms with Gasteiger partial charge >= 0.3 is 0 Å². The van der Waals surface area contributed by atoms with Gasteiger partial charge in [0.1, 0.15) is 5.82 Å². The highest BCUT2D eigenvalue weighted by atomic mass is 127. The molecule has 0 unspecified atom stereocenters. The van der Waals surface area contributed by atoms with E-state index in [2.05, 4.69) is 70.4 Å². The molecule has 2 N–H and O–H groups in total. The molecule has 7 heteroatoms. The van der Waals surface area contributed by atoms with Gasteiger partial charge in [0, 0.05) is 37.4 Å². The number of hydrogen-bond acceptors (Lipinski definition) is 3. The first kappa shape index (κ1) is 22.8. The molecule has 0 saturated heterocycles. The summed E-state index contributed by atoms with van der Waals surface area (Å²) in [5.41, 5.74) is 2.56. The third-order valence-corrected chi connectivity index (χ3v) is 4.71. The minimum absolute atomic E-state index is 0. The first-order chi connectivity index (χ1) is 12.0. The quantitative estimate of drug-likeness (QED) is 0.268. The van der Waals surface area contributed by atoms with E-state index in [1.165, 1.54) is 16.0 Å². The van der Waals surface area contributed by atoms with Crippen molar-refractivity contribution in [3.63, 3.8) is 0 Å². The zero-order chi connectivity index (χ0) is 18.2. The van der Waals surface area contributed by atoms with Gasteiger partial charge in [-0.2, -0.15) is 0 Å². The molecule has 0 bridgehead atoms. The maximum absolute atomic E-state index is 4.45. The van der Waals surface area contributed by atoms with Gasteiger partial charge in [-0.3, -0.25) is 4.99 Å². The Hall–Kier alpha value is -1.22. The predicted octanol–water partition coefficient (Wildman–Crippen LogP) is 4.05. The van der Waals surface area contributed by atoms with E-state index in [9.17, 15) is 0 Å². The van der Waals surface area contributed by atoms with E-state index in [1.807, 2.05) is 12.4 Å². The number of aliphatic imine (C=N–C) groups is 1. The molecule has 0 atom stereocenters. The molecule has 5 nitrogen and oxygen atoms in total. The molecule has 0 amide bonds. The van der Waals surface area contributed by atoms with Gasteiger partial charge in [0.05, 0.1) is 6.54 Å². The molecule has 0 spiro atoms. The molecule has 144 valence electrons. The average Bonchev–Trinajstić information content (AvgIpc) is 3.02. The number of aryl methyl sites for hydroxylation is 1. The van der Waals surface area contributed by atoms with E-state index >= 15 is 0 Å². The van der Waals surface area contributed by atoms with Crippen molar-refractivity contribution < 1.29 is 0 Å². The lowest BCUT2D eigenvalue weighted by molar-refractivity contribution is 0.503. The molecule has 26 heavy (non-hydrogen) atoms. The zero-order valence-electron chi connectivity index (χ0n) is 16.2. The molecule has 0 aliphatic heterocycles. The van der Waals surface area contributed by atoms with Crippen molar-refractivity contribution in [2.75, 3.05) is 13.3 Å². The first-order valence-corrected chi connectivity index (χ1v) is 9.84. The van der Waals surface area contributed by atoms with E-state index in [0.717, 1.165) is 24.9 Å². The Morgan fingerprint density at radius 2 is 2.00 bits per heavy atom. The van der Waals surface area contributed by atoms with Crippen LogP contribution in [-0.2, 0) is 19.6 Å². The molecule has 2 aromatic rings. The SMILES string of the molecule is CN=C(NCc1ccc(C)cc1SC)NCc1nccn1CC(C)C.I. The minimum atomic E-state index is 0. The Kier molecular flexibility index (Phi) is 10.1. The number of halogens is 1. The Bertz CT molecular complexity index is 712. The molecular weight excluding hydrogens is 457 g/mol. The largest absolute Gasteiger partial charge is 0.352 e. The van der Waals surface area contributed by atoms with Gasteiger partial charge in [-0.05, 0) is 36.3 Å². The fourth-order valence-electron chi connectivity index (χ4n) is 2.63. The second-order valence-corrected chi connectivity index (χ2v) is 7.33. The van der Waals surface area contributed by atoms with Crippen LogP contribution in [0.1, 0.15) is 30.8 Å². The van der Waals surface area contributed by atoms with E-state index < -0.39 is 0 Å². The van der Waals surface area contributed by atoms with Crippen LogP contribution in [-0.4, -0.2) is 28.8 Å². The van der Waals surface area contributed by atoms with Crippen LogP contribution in [0.25, 0.3) is 0 Å². The normalized spacial score (nSPS) is 11.4. The first-order valence-electron chi connectivity index (χ1n) is 8.61. The number of thioether (sulfide) groups is 1. The van der Waals surface area contributed by atoms with Gasteiger partial charge in [0.2, 0.25) is 0 Å². The second-order valence-electron chi connectivity index (χ2n) is 6.48. The van der Waals surface area contributed by atoms with Crippen LogP contribution >= 0.6 is 35.7 Å². The summed E-state index contributed by atoms with van der Waals surface area (Å²) in [5, 5.41) is 6.74. The number of nitrogens with zero attached hydrogens (tertiary/aromatic N) is 3. The Labute approximate surface area is 178 Å². The van der Waals surface area contributed by atoms with E-state index in [1.54, 1.807) is 18.8 Å². The van der Waals surface area contributed by atoms with Crippen molar-refractivity contribution in [3.05, 3.63) is 47.5 Å². The molecule has 1 aromatic carbocycles. The summed E-state index contributed by atoms with van der Waals surface area (Å²) in [4.78, 5) is 10.1. The highest BCUT2D eigenvalue weighted by Crippen LogP contribution is 2.21. The summed E-state index contributed by atoms with van der Waals surface area (Å²) in [6.07, 6.45) is 6.00. The molecule has 0 radical (unpaired) electrons. The molecule has 0 aliphatic rings. The number of rotatable bonds is 7. The van der Waals surface area contributed by atoms with Gasteiger partial charge in [-0.15, -0.1) is 35.7 Å². The zero-order valence-corrected chi connectivity index (χ0v) is 19.4. The summed E-state index contributed by atoms with van der Waals surface area (Å²) in [5.74, 6) is 2.40. The topological polar surface area (TPSA) is 54.2 Å². The van der Waals surface area contributed by atoms with Gasteiger partial charge in [-0.25, -0.2) is 4.98 Å². The van der Waals surface area contributed by atoms with Crippen molar-refractivity contribution in [3.8, 4) is 0 Å². The summed E-state index contributed by atoms with van der Waals surface area (Å²) in [6, 6.07) is 6.55. The van der Waals surface area contributed by atoms with Crippen LogP contribution in [0.3, 0.4) is 0 Å². The molecule has 0 fully saturated rings. The van der Waals surface area contributed by atoms with Crippen molar-refractivity contribution in [2.45, 2.75) is 45.3 Å². The van der Waals surface area contributed by atoms with Crippen LogP contribution in [0.5, 0.6) is 0 Å². The van der Waals surface area contributed by atoms with Crippen molar-refractivity contribution in [1.29, 1.82) is 0 Å². The third kappa shape index (κ3) is 6.83. The van der Waals surface area contributed by atoms with Crippen LogP contribution in [0.4, 0.5) is 0 Å². The maximum atomic E-state index is 4.45. The molecule has 0 aliphatic carbocycles. The predicted molar refractivity (Wildman–Crippen MR) is 122 cm³/mol. The monoisotopic (exact) mass is 487 g/mol. The Morgan fingerprint density at radius 1 is 1.27 bits per heavy atom. The fourth-order valence-corrected chi connectivity index (χ4v) is 3.33. The Balaban J connectivity index is 0.00000338. The average molecular weight is 487 g/mol. The number of benzene rings is 1. The highest BCUT2D eigenvalue weighted by Gasteiger charge is 2.07.